The van der Waals surface area contributed by atoms with Crippen LogP contribution in [0.25, 0.3) is 0 Å². The molecule has 2 aromatic rings. The molecule has 0 unspecified atom stereocenters. The van der Waals surface area contributed by atoms with E-state index in [0.717, 1.165) is 6.07 Å². The monoisotopic (exact) mass is 289 g/mol. The van der Waals surface area contributed by atoms with Crippen LogP contribution < -0.4 is 10.5 Å². The van der Waals surface area contributed by atoms with Crippen LogP contribution in [-0.2, 0) is 6.61 Å². The van der Waals surface area contributed by atoms with Gasteiger partial charge in [0.05, 0.1) is 11.0 Å². The first kappa shape index (κ1) is 14.4. The molecule has 0 radical (unpaired) electrons. The fraction of sp³-hybridized carbons (Fsp3) is 0.0714. The molecule has 0 fully saturated rings. The SMILES string of the molecule is N=C(N)c1cc(F)ccc1COc1cccc([N+](=O)[O-])c1. The molecule has 0 aliphatic rings. The van der Waals surface area contributed by atoms with Gasteiger partial charge in [-0.2, -0.15) is 0 Å². The van der Waals surface area contributed by atoms with E-state index in [4.69, 9.17) is 15.9 Å². The number of hydrogen-bond donors (Lipinski definition) is 2. The summed E-state index contributed by atoms with van der Waals surface area (Å²) in [7, 11) is 0. The van der Waals surface area contributed by atoms with Gasteiger partial charge in [0.1, 0.15) is 24.0 Å². The molecule has 6 nitrogen and oxygen atoms in total. The van der Waals surface area contributed by atoms with Gasteiger partial charge in [-0.15, -0.1) is 0 Å². The zero-order chi connectivity index (χ0) is 15.4. The van der Waals surface area contributed by atoms with E-state index in [1.807, 2.05) is 0 Å². The van der Waals surface area contributed by atoms with E-state index in [2.05, 4.69) is 0 Å². The van der Waals surface area contributed by atoms with Crippen molar-refractivity contribution in [1.82, 2.24) is 0 Å². The van der Waals surface area contributed by atoms with E-state index in [1.165, 1.54) is 30.3 Å². The number of nitro benzene ring substituents is 1. The minimum absolute atomic E-state index is 0.0242. The Hall–Kier alpha value is -2.96. The fourth-order valence-electron chi connectivity index (χ4n) is 1.77. The average molecular weight is 289 g/mol. The summed E-state index contributed by atoms with van der Waals surface area (Å²) in [6, 6.07) is 9.56. The maximum absolute atomic E-state index is 13.1. The van der Waals surface area contributed by atoms with Crippen LogP contribution in [-0.4, -0.2) is 10.8 Å². The van der Waals surface area contributed by atoms with Gasteiger partial charge in [0.15, 0.2) is 0 Å². The molecular formula is C14H12FN3O3. The average Bonchev–Trinajstić information content (AvgIpc) is 2.46. The van der Waals surface area contributed by atoms with Crippen molar-refractivity contribution in [3.8, 4) is 5.75 Å². The second-order valence-electron chi connectivity index (χ2n) is 4.26. The van der Waals surface area contributed by atoms with E-state index in [9.17, 15) is 14.5 Å². The van der Waals surface area contributed by atoms with Crippen molar-refractivity contribution < 1.29 is 14.1 Å². The lowest BCUT2D eigenvalue weighted by molar-refractivity contribution is -0.384. The summed E-state index contributed by atoms with van der Waals surface area (Å²) in [4.78, 5) is 10.1. The van der Waals surface area contributed by atoms with E-state index >= 15 is 0 Å². The molecule has 7 heteroatoms. The Bertz CT molecular complexity index is 704. The van der Waals surface area contributed by atoms with Crippen molar-refractivity contribution in [1.29, 1.82) is 5.41 Å². The first-order chi connectivity index (χ1) is 9.97. The molecule has 0 saturated carbocycles. The van der Waals surface area contributed by atoms with Crippen LogP contribution in [0.15, 0.2) is 42.5 Å². The number of nitrogens with one attached hydrogen (secondary N) is 1. The lowest BCUT2D eigenvalue weighted by Crippen LogP contribution is -2.15. The van der Waals surface area contributed by atoms with Crippen LogP contribution in [0.3, 0.4) is 0 Å². The number of amidine groups is 1. The fourth-order valence-corrected chi connectivity index (χ4v) is 1.77. The molecule has 0 aromatic heterocycles. The van der Waals surface area contributed by atoms with E-state index in [1.54, 1.807) is 6.07 Å². The van der Waals surface area contributed by atoms with Crippen molar-refractivity contribution in [3.63, 3.8) is 0 Å². The van der Waals surface area contributed by atoms with E-state index in [-0.39, 0.29) is 23.7 Å². The number of hydrogen-bond acceptors (Lipinski definition) is 4. The molecule has 21 heavy (non-hydrogen) atoms. The maximum atomic E-state index is 13.1. The minimum Gasteiger partial charge on any atom is -0.489 e. The van der Waals surface area contributed by atoms with Crippen molar-refractivity contribution in [2.45, 2.75) is 6.61 Å². The largest absolute Gasteiger partial charge is 0.489 e. The minimum atomic E-state index is -0.522. The van der Waals surface area contributed by atoms with Crippen LogP contribution >= 0.6 is 0 Å². The Kier molecular flexibility index (Phi) is 4.13. The molecule has 3 N–H and O–H groups in total. The smallest absolute Gasteiger partial charge is 0.273 e. The summed E-state index contributed by atoms with van der Waals surface area (Å²) in [5, 5.41) is 18.1. The zero-order valence-electron chi connectivity index (χ0n) is 10.9. The van der Waals surface area contributed by atoms with E-state index < -0.39 is 10.7 Å². The molecule has 108 valence electrons. The normalized spacial score (nSPS) is 10.1. The molecule has 2 aromatic carbocycles. The molecule has 0 aliphatic carbocycles. The highest BCUT2D eigenvalue weighted by Gasteiger charge is 2.10. The Balaban J connectivity index is 2.18. The third-order valence-electron chi connectivity index (χ3n) is 2.78. The first-order valence-corrected chi connectivity index (χ1v) is 5.97. The summed E-state index contributed by atoms with van der Waals surface area (Å²) in [6.07, 6.45) is 0. The lowest BCUT2D eigenvalue weighted by Gasteiger charge is -2.10. The number of nitrogen functional groups attached to an aromatic ring is 1. The predicted molar refractivity (Wildman–Crippen MR) is 74.8 cm³/mol. The van der Waals surface area contributed by atoms with Crippen molar-refractivity contribution in [2.75, 3.05) is 0 Å². The zero-order valence-corrected chi connectivity index (χ0v) is 10.9. The highest BCUT2D eigenvalue weighted by atomic mass is 19.1. The summed E-state index contributed by atoms with van der Waals surface area (Å²) in [6.45, 7) is 0.0242. The molecule has 0 saturated heterocycles. The number of non-ortho nitro benzene ring substituents is 1. The second kappa shape index (κ2) is 6.00. The number of nitro groups is 1. The number of nitrogens with zero attached hydrogens (tertiary/aromatic N) is 1. The van der Waals surface area contributed by atoms with Gasteiger partial charge in [0, 0.05) is 17.2 Å². The number of rotatable bonds is 5. The summed E-state index contributed by atoms with van der Waals surface area (Å²) in [5.41, 5.74) is 6.06. The number of nitrogens with two attached hydrogens (primary N) is 1. The highest BCUT2D eigenvalue weighted by Crippen LogP contribution is 2.21. The summed E-state index contributed by atoms with van der Waals surface area (Å²) in [5.74, 6) is -0.463. The first-order valence-electron chi connectivity index (χ1n) is 5.97. The third kappa shape index (κ3) is 3.53. The molecular weight excluding hydrogens is 277 g/mol. The van der Waals surface area contributed by atoms with Crippen LogP contribution in [0.5, 0.6) is 5.75 Å². The molecule has 0 amide bonds. The second-order valence-corrected chi connectivity index (χ2v) is 4.26. The van der Waals surface area contributed by atoms with E-state index in [0.29, 0.717) is 11.3 Å². The Morgan fingerprint density at radius 1 is 1.33 bits per heavy atom. The lowest BCUT2D eigenvalue weighted by atomic mass is 10.1. The van der Waals surface area contributed by atoms with Gasteiger partial charge in [-0.3, -0.25) is 15.5 Å². The molecule has 0 aliphatic heterocycles. The highest BCUT2D eigenvalue weighted by molar-refractivity contribution is 5.96. The van der Waals surface area contributed by atoms with Crippen LogP contribution in [0.4, 0.5) is 10.1 Å². The summed E-state index contributed by atoms with van der Waals surface area (Å²) < 4.78 is 18.6. The molecule has 0 atom stereocenters. The molecule has 2 rings (SSSR count). The number of ether oxygens (including phenoxy) is 1. The Morgan fingerprint density at radius 2 is 2.10 bits per heavy atom. The number of benzene rings is 2. The molecule has 0 heterocycles. The predicted octanol–water partition coefficient (Wildman–Crippen LogP) is 2.60. The Morgan fingerprint density at radius 3 is 2.76 bits per heavy atom. The molecule has 0 bridgehead atoms. The van der Waals surface area contributed by atoms with Gasteiger partial charge < -0.3 is 10.5 Å². The van der Waals surface area contributed by atoms with Gasteiger partial charge in [0.2, 0.25) is 0 Å². The van der Waals surface area contributed by atoms with Gasteiger partial charge in [-0.05, 0) is 18.2 Å². The Labute approximate surface area is 119 Å². The standard InChI is InChI=1S/C14H12FN3O3/c15-10-5-4-9(13(6-10)14(16)17)8-21-12-3-1-2-11(7-12)18(19)20/h1-7H,8H2,(H3,16,17). The van der Waals surface area contributed by atoms with Gasteiger partial charge in [0.25, 0.3) is 5.69 Å². The third-order valence-corrected chi connectivity index (χ3v) is 2.78. The van der Waals surface area contributed by atoms with Gasteiger partial charge in [-0.25, -0.2) is 4.39 Å². The maximum Gasteiger partial charge on any atom is 0.273 e. The van der Waals surface area contributed by atoms with Gasteiger partial charge in [-0.1, -0.05) is 12.1 Å². The van der Waals surface area contributed by atoms with Gasteiger partial charge >= 0.3 is 0 Å². The number of halogens is 1. The van der Waals surface area contributed by atoms with Crippen LogP contribution in [0.2, 0.25) is 0 Å². The molecule has 0 spiro atoms. The topological polar surface area (TPSA) is 102 Å². The van der Waals surface area contributed by atoms with Crippen LogP contribution in [0, 0.1) is 21.3 Å². The quantitative estimate of drug-likeness (QED) is 0.382. The van der Waals surface area contributed by atoms with Crippen molar-refractivity contribution >= 4 is 11.5 Å². The van der Waals surface area contributed by atoms with Crippen molar-refractivity contribution in [2.24, 2.45) is 5.73 Å². The van der Waals surface area contributed by atoms with Crippen LogP contribution in [0.1, 0.15) is 11.1 Å². The summed E-state index contributed by atoms with van der Waals surface area (Å²) >= 11 is 0. The van der Waals surface area contributed by atoms with Crippen molar-refractivity contribution in [3.05, 3.63) is 69.5 Å².